The first kappa shape index (κ1) is 14.9. The van der Waals surface area contributed by atoms with Gasteiger partial charge in [0, 0.05) is 6.54 Å². The Hall–Kier alpha value is -0.130. The highest BCUT2D eigenvalue weighted by Gasteiger charge is 2.20. The first-order chi connectivity index (χ1) is 8.03. The second kappa shape index (κ2) is 7.34. The van der Waals surface area contributed by atoms with Crippen molar-refractivity contribution in [2.75, 3.05) is 12.3 Å². The van der Waals surface area contributed by atoms with Crippen LogP contribution >= 0.6 is 0 Å². The Morgan fingerprint density at radius 3 is 2.53 bits per heavy atom. The summed E-state index contributed by atoms with van der Waals surface area (Å²) in [6, 6.07) is 0. The quantitative estimate of drug-likeness (QED) is 0.734. The van der Waals surface area contributed by atoms with E-state index in [0.29, 0.717) is 25.3 Å². The van der Waals surface area contributed by atoms with E-state index in [9.17, 15) is 13.5 Å². The summed E-state index contributed by atoms with van der Waals surface area (Å²) in [6.45, 7) is 2.24. The zero-order valence-electron chi connectivity index (χ0n) is 10.7. The fourth-order valence-corrected chi connectivity index (χ4v) is 3.81. The van der Waals surface area contributed by atoms with Crippen molar-refractivity contribution in [3.8, 4) is 0 Å². The second-order valence-corrected chi connectivity index (χ2v) is 6.88. The van der Waals surface area contributed by atoms with E-state index in [2.05, 4.69) is 4.72 Å². The van der Waals surface area contributed by atoms with Crippen molar-refractivity contribution >= 4 is 10.0 Å². The first-order valence-electron chi connectivity index (χ1n) is 6.69. The van der Waals surface area contributed by atoms with Crippen LogP contribution in [0.25, 0.3) is 0 Å². The molecule has 1 fully saturated rings. The summed E-state index contributed by atoms with van der Waals surface area (Å²) in [5.41, 5.74) is 0. The highest BCUT2D eigenvalue weighted by atomic mass is 32.2. The van der Waals surface area contributed by atoms with Gasteiger partial charge < -0.3 is 5.11 Å². The third-order valence-electron chi connectivity index (χ3n) is 3.45. The van der Waals surface area contributed by atoms with Crippen molar-refractivity contribution in [1.82, 2.24) is 4.72 Å². The number of hydrogen-bond donors (Lipinski definition) is 2. The van der Waals surface area contributed by atoms with E-state index < -0.39 is 16.1 Å². The lowest BCUT2D eigenvalue weighted by molar-refractivity contribution is 0.162. The van der Waals surface area contributed by atoms with Gasteiger partial charge in [0.1, 0.15) is 0 Å². The van der Waals surface area contributed by atoms with Crippen LogP contribution in [0.2, 0.25) is 0 Å². The van der Waals surface area contributed by atoms with E-state index in [4.69, 9.17) is 0 Å². The van der Waals surface area contributed by atoms with Crippen LogP contribution < -0.4 is 4.72 Å². The van der Waals surface area contributed by atoms with Gasteiger partial charge in [0.2, 0.25) is 10.0 Å². The highest BCUT2D eigenvalue weighted by Crippen LogP contribution is 2.24. The van der Waals surface area contributed by atoms with E-state index in [1.807, 2.05) is 6.92 Å². The van der Waals surface area contributed by atoms with E-state index in [1.165, 1.54) is 6.42 Å². The molecule has 102 valence electrons. The summed E-state index contributed by atoms with van der Waals surface area (Å²) in [4.78, 5) is 0. The number of rotatable bonds is 7. The molecule has 1 aliphatic carbocycles. The van der Waals surface area contributed by atoms with Crippen LogP contribution in [0.3, 0.4) is 0 Å². The van der Waals surface area contributed by atoms with Gasteiger partial charge in [0.05, 0.1) is 11.9 Å². The fourth-order valence-electron chi connectivity index (χ4n) is 2.31. The molecule has 0 aromatic rings. The van der Waals surface area contributed by atoms with Crippen LogP contribution in [-0.2, 0) is 10.0 Å². The van der Waals surface area contributed by atoms with E-state index in [0.717, 1.165) is 25.7 Å². The van der Waals surface area contributed by atoms with Gasteiger partial charge in [0.25, 0.3) is 0 Å². The average Bonchev–Trinajstić information content (AvgIpc) is 2.29. The van der Waals surface area contributed by atoms with Crippen molar-refractivity contribution in [2.24, 2.45) is 5.92 Å². The number of aliphatic hydroxyl groups is 1. The maximum absolute atomic E-state index is 11.8. The molecule has 1 saturated carbocycles. The van der Waals surface area contributed by atoms with Crippen LogP contribution in [-0.4, -0.2) is 31.9 Å². The van der Waals surface area contributed by atoms with Gasteiger partial charge in [-0.05, 0) is 31.6 Å². The largest absolute Gasteiger partial charge is 0.393 e. The third kappa shape index (κ3) is 6.38. The molecule has 1 rings (SSSR count). The predicted octanol–water partition coefficient (Wildman–Crippen LogP) is 1.65. The van der Waals surface area contributed by atoms with Crippen LogP contribution in [0.5, 0.6) is 0 Å². The predicted molar refractivity (Wildman–Crippen MR) is 69.3 cm³/mol. The van der Waals surface area contributed by atoms with E-state index >= 15 is 0 Å². The molecule has 0 aromatic heterocycles. The molecule has 5 heteroatoms. The smallest absolute Gasteiger partial charge is 0.211 e. The van der Waals surface area contributed by atoms with Crippen molar-refractivity contribution in [1.29, 1.82) is 0 Å². The Morgan fingerprint density at radius 2 is 1.94 bits per heavy atom. The van der Waals surface area contributed by atoms with E-state index in [1.54, 1.807) is 0 Å². The highest BCUT2D eigenvalue weighted by molar-refractivity contribution is 7.89. The van der Waals surface area contributed by atoms with Crippen LogP contribution in [0.15, 0.2) is 0 Å². The summed E-state index contributed by atoms with van der Waals surface area (Å²) in [5, 5.41) is 9.34. The molecule has 0 heterocycles. The molecule has 17 heavy (non-hydrogen) atoms. The van der Waals surface area contributed by atoms with Crippen molar-refractivity contribution in [3.63, 3.8) is 0 Å². The summed E-state index contributed by atoms with van der Waals surface area (Å²) >= 11 is 0. The van der Waals surface area contributed by atoms with Gasteiger partial charge in [-0.25, -0.2) is 13.1 Å². The average molecular weight is 263 g/mol. The van der Waals surface area contributed by atoms with Gasteiger partial charge in [0.15, 0.2) is 0 Å². The zero-order chi connectivity index (χ0) is 12.7. The molecule has 1 atom stereocenters. The molecule has 2 N–H and O–H groups in total. The van der Waals surface area contributed by atoms with Crippen LogP contribution in [0, 0.1) is 5.92 Å². The SMILES string of the molecule is CCC(O)CCNS(=O)(=O)CC1CCCCC1. The van der Waals surface area contributed by atoms with Crippen molar-refractivity contribution < 1.29 is 13.5 Å². The van der Waals surface area contributed by atoms with Crippen LogP contribution in [0.1, 0.15) is 51.9 Å². The first-order valence-corrected chi connectivity index (χ1v) is 8.34. The van der Waals surface area contributed by atoms with Gasteiger partial charge >= 0.3 is 0 Å². The molecule has 4 nitrogen and oxygen atoms in total. The maximum Gasteiger partial charge on any atom is 0.211 e. The maximum atomic E-state index is 11.8. The molecule has 0 spiro atoms. The van der Waals surface area contributed by atoms with E-state index in [-0.39, 0.29) is 5.75 Å². The minimum Gasteiger partial charge on any atom is -0.393 e. The second-order valence-electron chi connectivity index (χ2n) is 5.03. The minimum atomic E-state index is -3.15. The Bertz CT molecular complexity index is 297. The zero-order valence-corrected chi connectivity index (χ0v) is 11.5. The summed E-state index contributed by atoms with van der Waals surface area (Å²) < 4.78 is 26.1. The standard InChI is InChI=1S/C12H25NO3S/c1-2-12(14)8-9-13-17(15,16)10-11-6-4-3-5-7-11/h11-14H,2-10H2,1H3. The number of hydrogen-bond acceptors (Lipinski definition) is 3. The topological polar surface area (TPSA) is 66.4 Å². The Labute approximate surface area is 105 Å². The molecule has 0 radical (unpaired) electrons. The molecule has 0 aliphatic heterocycles. The Balaban J connectivity index is 2.25. The van der Waals surface area contributed by atoms with Gasteiger partial charge in [-0.2, -0.15) is 0 Å². The summed E-state index contributed by atoms with van der Waals surface area (Å²) in [6.07, 6.45) is 6.42. The normalized spacial score (nSPS) is 20.4. The number of nitrogens with one attached hydrogen (secondary N) is 1. The number of sulfonamides is 1. The molecular formula is C12H25NO3S. The lowest BCUT2D eigenvalue weighted by atomic mass is 9.91. The lowest BCUT2D eigenvalue weighted by Crippen LogP contribution is -2.32. The molecule has 0 saturated heterocycles. The van der Waals surface area contributed by atoms with Gasteiger partial charge in [-0.15, -0.1) is 0 Å². The summed E-state index contributed by atoms with van der Waals surface area (Å²) in [5.74, 6) is 0.590. The molecule has 1 aliphatic rings. The summed E-state index contributed by atoms with van der Waals surface area (Å²) in [7, 11) is -3.15. The van der Waals surface area contributed by atoms with Crippen molar-refractivity contribution in [3.05, 3.63) is 0 Å². The van der Waals surface area contributed by atoms with Crippen molar-refractivity contribution in [2.45, 2.75) is 58.0 Å². The van der Waals surface area contributed by atoms with Gasteiger partial charge in [-0.3, -0.25) is 0 Å². The molecule has 0 aromatic carbocycles. The van der Waals surface area contributed by atoms with Crippen LogP contribution in [0.4, 0.5) is 0 Å². The Morgan fingerprint density at radius 1 is 1.29 bits per heavy atom. The lowest BCUT2D eigenvalue weighted by Gasteiger charge is -2.21. The third-order valence-corrected chi connectivity index (χ3v) is 5.00. The molecular weight excluding hydrogens is 238 g/mol. The monoisotopic (exact) mass is 263 g/mol. The number of aliphatic hydroxyl groups excluding tert-OH is 1. The molecule has 0 bridgehead atoms. The minimum absolute atomic E-state index is 0.259. The van der Waals surface area contributed by atoms with Gasteiger partial charge in [-0.1, -0.05) is 26.2 Å². The molecule has 1 unspecified atom stereocenters. The Kier molecular flexibility index (Phi) is 6.44. The fraction of sp³-hybridized carbons (Fsp3) is 1.00. The molecule has 0 amide bonds.